The molecule has 1 nitrogen and oxygen atoms in total. The average Bonchev–Trinajstić information content (AvgIpc) is 2.18. The summed E-state index contributed by atoms with van der Waals surface area (Å²) in [5.41, 5.74) is 1.24. The molecule has 1 aromatic rings. The van der Waals surface area contributed by atoms with Gasteiger partial charge in [-0.2, -0.15) is 0 Å². The van der Waals surface area contributed by atoms with Crippen molar-refractivity contribution < 1.29 is 4.74 Å². The van der Waals surface area contributed by atoms with Crippen LogP contribution in [0.3, 0.4) is 0 Å². The second kappa shape index (κ2) is 5.76. The van der Waals surface area contributed by atoms with Crippen LogP contribution in [0.4, 0.5) is 0 Å². The summed E-state index contributed by atoms with van der Waals surface area (Å²) >= 11 is 7.20. The van der Waals surface area contributed by atoms with Crippen molar-refractivity contribution in [3.05, 3.63) is 29.8 Å². The molecule has 2 atom stereocenters. The Hall–Kier alpha value is -0.0200. The van der Waals surface area contributed by atoms with Crippen LogP contribution in [0.2, 0.25) is 0 Å². The normalized spacial score (nSPS) is 14.9. The lowest BCUT2D eigenvalue weighted by Crippen LogP contribution is -2.13. The van der Waals surface area contributed by atoms with Gasteiger partial charge in [-0.05, 0) is 18.1 Å². The van der Waals surface area contributed by atoms with Gasteiger partial charge in [0.1, 0.15) is 5.75 Å². The molecule has 0 amide bonds. The van der Waals surface area contributed by atoms with Crippen LogP contribution in [0.1, 0.15) is 12.5 Å². The molecule has 0 aliphatic rings. The van der Waals surface area contributed by atoms with Crippen LogP contribution < -0.4 is 4.74 Å². The molecule has 0 radical (unpaired) electrons. The zero-order chi connectivity index (χ0) is 10.6. The van der Waals surface area contributed by atoms with Gasteiger partial charge >= 0.3 is 0 Å². The van der Waals surface area contributed by atoms with Crippen molar-refractivity contribution in [2.45, 2.75) is 23.0 Å². The quantitative estimate of drug-likeness (QED) is 0.767. The van der Waals surface area contributed by atoms with E-state index in [1.807, 2.05) is 18.2 Å². The van der Waals surface area contributed by atoms with E-state index in [9.17, 15) is 0 Å². The van der Waals surface area contributed by atoms with Gasteiger partial charge in [0.05, 0.1) is 7.11 Å². The van der Waals surface area contributed by atoms with Gasteiger partial charge in [0.15, 0.2) is 0 Å². The van der Waals surface area contributed by atoms with Crippen molar-refractivity contribution in [1.29, 1.82) is 0 Å². The van der Waals surface area contributed by atoms with Gasteiger partial charge in [0, 0.05) is 9.65 Å². The van der Waals surface area contributed by atoms with Crippen LogP contribution in [0.5, 0.6) is 5.75 Å². The van der Waals surface area contributed by atoms with Gasteiger partial charge in [0.25, 0.3) is 0 Å². The number of halogens is 2. The van der Waals surface area contributed by atoms with Crippen molar-refractivity contribution in [2.75, 3.05) is 7.11 Å². The summed E-state index contributed by atoms with van der Waals surface area (Å²) in [6, 6.07) is 8.12. The number of hydrogen-bond acceptors (Lipinski definition) is 1. The average molecular weight is 322 g/mol. The molecule has 0 aliphatic heterocycles. The summed E-state index contributed by atoms with van der Waals surface area (Å²) in [4.78, 5) is 0.881. The number of alkyl halides is 2. The van der Waals surface area contributed by atoms with Gasteiger partial charge in [-0.15, -0.1) is 0 Å². The molecule has 1 rings (SSSR count). The van der Waals surface area contributed by atoms with E-state index in [0.717, 1.165) is 12.2 Å². The maximum Gasteiger partial charge on any atom is 0.122 e. The standard InChI is InChI=1S/C11H14Br2O/c1-8(12)10(13)7-9-5-3-4-6-11(9)14-2/h3-6,8,10H,7H2,1-2H3. The van der Waals surface area contributed by atoms with Crippen molar-refractivity contribution in [1.82, 2.24) is 0 Å². The Morgan fingerprint density at radius 1 is 1.29 bits per heavy atom. The summed E-state index contributed by atoms with van der Waals surface area (Å²) in [6.45, 7) is 2.13. The number of ether oxygens (including phenoxy) is 1. The Balaban J connectivity index is 2.75. The highest BCUT2D eigenvalue weighted by molar-refractivity contribution is 9.12. The lowest BCUT2D eigenvalue weighted by molar-refractivity contribution is 0.409. The zero-order valence-corrected chi connectivity index (χ0v) is 11.5. The minimum atomic E-state index is 0.429. The Morgan fingerprint density at radius 3 is 2.50 bits per heavy atom. The van der Waals surface area contributed by atoms with Gasteiger partial charge < -0.3 is 4.74 Å². The molecule has 2 unspecified atom stereocenters. The Bertz CT molecular complexity index is 286. The molecule has 0 bridgehead atoms. The second-order valence-electron chi connectivity index (χ2n) is 3.21. The van der Waals surface area contributed by atoms with Gasteiger partial charge in [0.2, 0.25) is 0 Å². The highest BCUT2D eigenvalue weighted by Gasteiger charge is 2.13. The first kappa shape index (κ1) is 12.1. The number of benzene rings is 1. The van der Waals surface area contributed by atoms with Crippen molar-refractivity contribution in [3.8, 4) is 5.75 Å². The van der Waals surface area contributed by atoms with Gasteiger partial charge in [-0.3, -0.25) is 0 Å². The van der Waals surface area contributed by atoms with Crippen LogP contribution in [0.15, 0.2) is 24.3 Å². The van der Waals surface area contributed by atoms with Crippen LogP contribution in [-0.2, 0) is 6.42 Å². The van der Waals surface area contributed by atoms with E-state index in [4.69, 9.17) is 4.74 Å². The SMILES string of the molecule is COc1ccccc1CC(Br)C(C)Br. The maximum atomic E-state index is 5.29. The summed E-state index contributed by atoms with van der Waals surface area (Å²) < 4.78 is 5.29. The zero-order valence-electron chi connectivity index (χ0n) is 8.34. The van der Waals surface area contributed by atoms with E-state index < -0.39 is 0 Å². The monoisotopic (exact) mass is 320 g/mol. The third-order valence-corrected chi connectivity index (χ3v) is 4.57. The third-order valence-electron chi connectivity index (χ3n) is 2.11. The molecule has 0 saturated carbocycles. The maximum absolute atomic E-state index is 5.29. The topological polar surface area (TPSA) is 9.23 Å². The first-order valence-corrected chi connectivity index (χ1v) is 6.38. The highest BCUT2D eigenvalue weighted by atomic mass is 79.9. The van der Waals surface area contributed by atoms with E-state index in [-0.39, 0.29) is 0 Å². The Kier molecular flexibility index (Phi) is 4.96. The minimum Gasteiger partial charge on any atom is -0.496 e. The fraction of sp³-hybridized carbons (Fsp3) is 0.455. The fourth-order valence-corrected chi connectivity index (χ4v) is 1.78. The Morgan fingerprint density at radius 2 is 1.93 bits per heavy atom. The molecular weight excluding hydrogens is 308 g/mol. The predicted molar refractivity (Wildman–Crippen MR) is 67.8 cm³/mol. The summed E-state index contributed by atoms with van der Waals surface area (Å²) in [7, 11) is 1.71. The number of para-hydroxylation sites is 1. The molecule has 0 heterocycles. The second-order valence-corrected chi connectivity index (χ2v) is 5.83. The van der Waals surface area contributed by atoms with E-state index >= 15 is 0 Å². The molecule has 0 aliphatic carbocycles. The van der Waals surface area contributed by atoms with Crippen LogP contribution in [0, 0.1) is 0 Å². The smallest absolute Gasteiger partial charge is 0.122 e. The third kappa shape index (κ3) is 3.28. The van der Waals surface area contributed by atoms with E-state index in [1.165, 1.54) is 5.56 Å². The molecule has 0 N–H and O–H groups in total. The molecule has 0 spiro atoms. The van der Waals surface area contributed by atoms with E-state index in [2.05, 4.69) is 44.8 Å². The summed E-state index contributed by atoms with van der Waals surface area (Å²) in [5, 5.41) is 0. The largest absolute Gasteiger partial charge is 0.496 e. The number of methoxy groups -OCH3 is 1. The molecule has 14 heavy (non-hydrogen) atoms. The number of hydrogen-bond donors (Lipinski definition) is 0. The lowest BCUT2D eigenvalue weighted by atomic mass is 10.1. The molecule has 0 aromatic heterocycles. The van der Waals surface area contributed by atoms with Crippen molar-refractivity contribution in [3.63, 3.8) is 0 Å². The molecule has 1 aromatic carbocycles. The van der Waals surface area contributed by atoms with Crippen LogP contribution in [0.25, 0.3) is 0 Å². The molecule has 0 fully saturated rings. The van der Waals surface area contributed by atoms with Crippen molar-refractivity contribution in [2.24, 2.45) is 0 Å². The predicted octanol–water partition coefficient (Wildman–Crippen LogP) is 3.78. The minimum absolute atomic E-state index is 0.429. The van der Waals surface area contributed by atoms with Gasteiger partial charge in [-0.25, -0.2) is 0 Å². The summed E-state index contributed by atoms with van der Waals surface area (Å²) in [6.07, 6.45) is 0.969. The lowest BCUT2D eigenvalue weighted by Gasteiger charge is -2.14. The van der Waals surface area contributed by atoms with E-state index in [1.54, 1.807) is 7.11 Å². The molecule has 3 heteroatoms. The van der Waals surface area contributed by atoms with Crippen LogP contribution in [-0.4, -0.2) is 16.8 Å². The molecule has 0 saturated heterocycles. The number of rotatable bonds is 4. The summed E-state index contributed by atoms with van der Waals surface area (Å²) in [5.74, 6) is 0.963. The van der Waals surface area contributed by atoms with E-state index in [0.29, 0.717) is 9.65 Å². The Labute approximate surface area is 102 Å². The molecular formula is C11H14Br2O. The first-order chi connectivity index (χ1) is 6.65. The molecule has 78 valence electrons. The van der Waals surface area contributed by atoms with Gasteiger partial charge in [-0.1, -0.05) is 57.0 Å². The first-order valence-electron chi connectivity index (χ1n) is 4.55. The fourth-order valence-electron chi connectivity index (χ4n) is 1.24. The van der Waals surface area contributed by atoms with Crippen LogP contribution >= 0.6 is 31.9 Å². The van der Waals surface area contributed by atoms with Crippen molar-refractivity contribution >= 4 is 31.9 Å². The highest BCUT2D eigenvalue weighted by Crippen LogP contribution is 2.24.